The van der Waals surface area contributed by atoms with Crippen molar-refractivity contribution in [3.8, 4) is 0 Å². The molecular weight excluding hydrogens is 244 g/mol. The molecule has 1 unspecified atom stereocenters. The molecule has 0 saturated carbocycles. The van der Waals surface area contributed by atoms with Crippen LogP contribution in [0.5, 0.6) is 0 Å². The summed E-state index contributed by atoms with van der Waals surface area (Å²) < 4.78 is 27.9. The minimum atomic E-state index is -3.79. The minimum absolute atomic E-state index is 0.0537. The summed E-state index contributed by atoms with van der Waals surface area (Å²) in [6, 6.07) is 8.63. The molecule has 0 saturated heterocycles. The number of carbonyl (C=O) groups is 1. The SMILES string of the molecule is COCS(=O)(=O)C(Cc1ccccc1)C(=O)O. The molecule has 0 radical (unpaired) electrons. The van der Waals surface area contributed by atoms with Crippen LogP contribution in [0.4, 0.5) is 0 Å². The van der Waals surface area contributed by atoms with Gasteiger partial charge < -0.3 is 9.84 Å². The van der Waals surface area contributed by atoms with E-state index in [-0.39, 0.29) is 6.42 Å². The molecule has 6 heteroatoms. The maximum absolute atomic E-state index is 11.7. The number of carboxylic acids is 1. The Hall–Kier alpha value is -1.40. The van der Waals surface area contributed by atoms with Crippen molar-refractivity contribution >= 4 is 15.8 Å². The Bertz CT molecular complexity index is 466. The zero-order chi connectivity index (χ0) is 12.9. The predicted molar refractivity (Wildman–Crippen MR) is 62.4 cm³/mol. The number of sulfone groups is 1. The number of rotatable bonds is 6. The van der Waals surface area contributed by atoms with Crippen molar-refractivity contribution in [2.24, 2.45) is 0 Å². The lowest BCUT2D eigenvalue weighted by Crippen LogP contribution is -2.34. The van der Waals surface area contributed by atoms with Crippen molar-refractivity contribution in [2.45, 2.75) is 11.7 Å². The molecule has 0 fully saturated rings. The van der Waals surface area contributed by atoms with Crippen molar-refractivity contribution in [2.75, 3.05) is 13.0 Å². The van der Waals surface area contributed by atoms with Crippen LogP contribution in [0, 0.1) is 0 Å². The van der Waals surface area contributed by atoms with Crippen molar-refractivity contribution in [3.05, 3.63) is 35.9 Å². The second-order valence-electron chi connectivity index (χ2n) is 3.59. The van der Waals surface area contributed by atoms with Crippen LogP contribution >= 0.6 is 0 Å². The van der Waals surface area contributed by atoms with Gasteiger partial charge >= 0.3 is 5.97 Å². The van der Waals surface area contributed by atoms with E-state index in [0.717, 1.165) is 0 Å². The van der Waals surface area contributed by atoms with Gasteiger partial charge in [0.2, 0.25) is 0 Å². The van der Waals surface area contributed by atoms with Crippen LogP contribution in [0.3, 0.4) is 0 Å². The summed E-state index contributed by atoms with van der Waals surface area (Å²) in [6.07, 6.45) is -0.0537. The van der Waals surface area contributed by atoms with Gasteiger partial charge in [-0.3, -0.25) is 4.79 Å². The summed E-state index contributed by atoms with van der Waals surface area (Å²) in [5.74, 6) is -1.94. The van der Waals surface area contributed by atoms with Crippen molar-refractivity contribution in [1.29, 1.82) is 0 Å². The largest absolute Gasteiger partial charge is 0.480 e. The predicted octanol–water partition coefficient (Wildman–Crippen LogP) is 0.701. The Kier molecular flexibility index (Phi) is 4.65. The molecule has 1 N–H and O–H groups in total. The Morgan fingerprint density at radius 2 is 1.94 bits per heavy atom. The van der Waals surface area contributed by atoms with Crippen LogP contribution < -0.4 is 0 Å². The summed E-state index contributed by atoms with van der Waals surface area (Å²) in [7, 11) is -2.57. The lowest BCUT2D eigenvalue weighted by molar-refractivity contribution is -0.136. The van der Waals surface area contributed by atoms with Crippen molar-refractivity contribution in [3.63, 3.8) is 0 Å². The number of hydrogen-bond acceptors (Lipinski definition) is 4. The fourth-order valence-electron chi connectivity index (χ4n) is 1.44. The van der Waals surface area contributed by atoms with E-state index in [1.807, 2.05) is 0 Å². The molecule has 0 aliphatic carbocycles. The lowest BCUT2D eigenvalue weighted by Gasteiger charge is -2.12. The first-order valence-corrected chi connectivity index (χ1v) is 6.66. The highest BCUT2D eigenvalue weighted by Gasteiger charge is 2.32. The Labute approximate surface area is 100.0 Å². The molecule has 94 valence electrons. The smallest absolute Gasteiger partial charge is 0.322 e. The maximum Gasteiger partial charge on any atom is 0.322 e. The van der Waals surface area contributed by atoms with E-state index in [2.05, 4.69) is 4.74 Å². The highest BCUT2D eigenvalue weighted by Crippen LogP contribution is 2.11. The van der Waals surface area contributed by atoms with Gasteiger partial charge in [-0.15, -0.1) is 0 Å². The third kappa shape index (κ3) is 3.83. The molecule has 0 aromatic heterocycles. The van der Waals surface area contributed by atoms with Crippen LogP contribution in [-0.2, 0) is 25.8 Å². The number of benzene rings is 1. The number of ether oxygens (including phenoxy) is 1. The van der Waals surface area contributed by atoms with Crippen molar-refractivity contribution in [1.82, 2.24) is 0 Å². The molecule has 1 aromatic rings. The molecule has 0 amide bonds. The maximum atomic E-state index is 11.7. The van der Waals surface area contributed by atoms with Crippen LogP contribution in [0.2, 0.25) is 0 Å². The fraction of sp³-hybridized carbons (Fsp3) is 0.364. The van der Waals surface area contributed by atoms with Gasteiger partial charge in [0.15, 0.2) is 15.1 Å². The van der Waals surface area contributed by atoms with Crippen LogP contribution in [0.1, 0.15) is 5.56 Å². The Morgan fingerprint density at radius 1 is 1.35 bits per heavy atom. The van der Waals surface area contributed by atoms with Gasteiger partial charge in [-0.1, -0.05) is 30.3 Å². The average molecular weight is 258 g/mol. The zero-order valence-corrected chi connectivity index (χ0v) is 10.2. The second kappa shape index (κ2) is 5.79. The van der Waals surface area contributed by atoms with Gasteiger partial charge in [0.05, 0.1) is 0 Å². The third-order valence-corrected chi connectivity index (χ3v) is 4.05. The molecule has 0 aliphatic heterocycles. The van der Waals surface area contributed by atoms with Crippen molar-refractivity contribution < 1.29 is 23.1 Å². The Morgan fingerprint density at radius 3 is 2.41 bits per heavy atom. The summed E-state index contributed by atoms with van der Waals surface area (Å²) in [6.45, 7) is 0. The quantitative estimate of drug-likeness (QED) is 0.812. The first kappa shape index (κ1) is 13.7. The molecule has 17 heavy (non-hydrogen) atoms. The number of hydrogen-bond donors (Lipinski definition) is 1. The molecule has 1 rings (SSSR count). The van der Waals surface area contributed by atoms with E-state index in [9.17, 15) is 13.2 Å². The van der Waals surface area contributed by atoms with E-state index in [1.165, 1.54) is 7.11 Å². The van der Waals surface area contributed by atoms with Gasteiger partial charge in [0, 0.05) is 7.11 Å². The first-order chi connectivity index (χ1) is 7.97. The number of aliphatic carboxylic acids is 1. The van der Waals surface area contributed by atoms with Gasteiger partial charge in [-0.2, -0.15) is 0 Å². The Balaban J connectivity index is 2.92. The van der Waals surface area contributed by atoms with Crippen LogP contribution in [0.15, 0.2) is 30.3 Å². The molecular formula is C11H14O5S. The van der Waals surface area contributed by atoms with Gasteiger partial charge in [0.25, 0.3) is 0 Å². The minimum Gasteiger partial charge on any atom is -0.480 e. The summed E-state index contributed by atoms with van der Waals surface area (Å²) in [5, 5.41) is 7.49. The van der Waals surface area contributed by atoms with E-state index >= 15 is 0 Å². The number of carboxylic acid groups (broad SMARTS) is 1. The van der Waals surface area contributed by atoms with E-state index in [0.29, 0.717) is 5.56 Å². The zero-order valence-electron chi connectivity index (χ0n) is 9.37. The highest BCUT2D eigenvalue weighted by atomic mass is 32.2. The molecule has 5 nitrogen and oxygen atoms in total. The normalized spacial score (nSPS) is 13.2. The summed E-state index contributed by atoms with van der Waals surface area (Å²) in [5.41, 5.74) is 0.666. The highest BCUT2D eigenvalue weighted by molar-refractivity contribution is 7.92. The van der Waals surface area contributed by atoms with Crippen LogP contribution in [0.25, 0.3) is 0 Å². The molecule has 0 aliphatic rings. The molecule has 0 heterocycles. The first-order valence-electron chi connectivity index (χ1n) is 4.94. The monoisotopic (exact) mass is 258 g/mol. The molecule has 0 bridgehead atoms. The topological polar surface area (TPSA) is 80.7 Å². The van der Waals surface area contributed by atoms with Gasteiger partial charge in [-0.05, 0) is 12.0 Å². The molecule has 1 atom stereocenters. The third-order valence-electron chi connectivity index (χ3n) is 2.25. The average Bonchev–Trinajstić information content (AvgIpc) is 2.26. The number of methoxy groups -OCH3 is 1. The summed E-state index contributed by atoms with van der Waals surface area (Å²) >= 11 is 0. The fourth-order valence-corrected chi connectivity index (χ4v) is 2.69. The summed E-state index contributed by atoms with van der Waals surface area (Å²) in [4.78, 5) is 11.0. The lowest BCUT2D eigenvalue weighted by atomic mass is 10.1. The van der Waals surface area contributed by atoms with Gasteiger partial charge in [0.1, 0.15) is 5.94 Å². The van der Waals surface area contributed by atoms with E-state index in [1.54, 1.807) is 30.3 Å². The van der Waals surface area contributed by atoms with Crippen LogP contribution in [-0.4, -0.2) is 37.8 Å². The second-order valence-corrected chi connectivity index (χ2v) is 5.72. The standard InChI is InChI=1S/C11H14O5S/c1-16-8-17(14,15)10(11(12)13)7-9-5-3-2-4-6-9/h2-6,10H,7-8H2,1H3,(H,12,13). The van der Waals surface area contributed by atoms with E-state index < -0.39 is 27.0 Å². The van der Waals surface area contributed by atoms with Gasteiger partial charge in [-0.25, -0.2) is 8.42 Å². The molecule has 0 spiro atoms. The molecule has 1 aromatic carbocycles. The van der Waals surface area contributed by atoms with E-state index in [4.69, 9.17) is 5.11 Å².